The topological polar surface area (TPSA) is 107 Å². The molecular formula is C37H49ClFN3O7S. The number of methoxy groups -OCH3 is 3. The molecular weight excluding hydrogens is 685 g/mol. The molecule has 2 bridgehead atoms. The number of aryl methyl sites for hydroxylation is 1. The minimum absolute atomic E-state index is 0.00604. The standard InChI is InChI=1S/C37H49ClFN3O7S/c1-24-8-13-33(39)37(23-47-4,34(48-5)20-46-3)42-16-14-29(42)19-41-21-36(15-6-7-26-17-28(38)10-11-30(26)36)22-49-32-12-9-27(18-31(32)41)35(43)40-50(44,45)25(24)2/h9-13,17-18,24-25,29,34H,6-8,14-16,19-23H2,1-5H3,(H,40,43)/b33-13-/t24-,25+,29-,34+,36-,37+/m0/s1. The van der Waals surface area contributed by atoms with E-state index < -0.39 is 44.6 Å². The number of anilines is 1. The molecule has 1 spiro atoms. The molecule has 0 aromatic heterocycles. The number of hydrogen-bond donors (Lipinski definition) is 1. The number of ether oxygens (including phenoxy) is 4. The Balaban J connectivity index is 1.51. The second-order valence-electron chi connectivity index (χ2n) is 14.4. The number of hydrogen-bond acceptors (Lipinski definition) is 9. The van der Waals surface area contributed by atoms with Crippen molar-refractivity contribution in [3.05, 3.63) is 70.0 Å². The maximum absolute atomic E-state index is 17.1. The van der Waals surface area contributed by atoms with E-state index >= 15 is 4.39 Å². The number of rotatable bonds is 6. The molecule has 1 N–H and O–H groups in total. The van der Waals surface area contributed by atoms with Crippen LogP contribution in [0.5, 0.6) is 5.75 Å². The highest BCUT2D eigenvalue weighted by Crippen LogP contribution is 2.46. The average Bonchev–Trinajstić information content (AvgIpc) is 3.23. The van der Waals surface area contributed by atoms with Gasteiger partial charge in [0, 0.05) is 63.0 Å². The predicted molar refractivity (Wildman–Crippen MR) is 191 cm³/mol. The van der Waals surface area contributed by atoms with Crippen molar-refractivity contribution in [2.75, 3.05) is 65.7 Å². The van der Waals surface area contributed by atoms with Crippen molar-refractivity contribution in [2.24, 2.45) is 5.92 Å². The van der Waals surface area contributed by atoms with E-state index in [1.807, 2.05) is 12.1 Å². The number of sulfonamides is 1. The van der Waals surface area contributed by atoms with Gasteiger partial charge in [0.1, 0.15) is 23.2 Å². The number of amides is 1. The summed E-state index contributed by atoms with van der Waals surface area (Å²) < 4.78 is 70.3. The fourth-order valence-corrected chi connectivity index (χ4v) is 9.88. The lowest BCUT2D eigenvalue weighted by Crippen LogP contribution is -2.71. The molecule has 1 saturated heterocycles. The molecule has 0 radical (unpaired) electrons. The first-order valence-electron chi connectivity index (χ1n) is 17.4. The van der Waals surface area contributed by atoms with Crippen molar-refractivity contribution < 1.29 is 36.6 Å². The van der Waals surface area contributed by atoms with Crippen molar-refractivity contribution >= 4 is 33.2 Å². The number of carbonyl (C=O) groups excluding carboxylic acids is 1. The van der Waals surface area contributed by atoms with Crippen LogP contribution < -0.4 is 14.4 Å². The van der Waals surface area contributed by atoms with Gasteiger partial charge >= 0.3 is 0 Å². The molecule has 6 rings (SSSR count). The zero-order chi connectivity index (χ0) is 35.8. The number of halogens is 2. The Hall–Kier alpha value is -2.74. The molecule has 3 heterocycles. The summed E-state index contributed by atoms with van der Waals surface area (Å²) in [6.45, 7) is 5.44. The molecule has 50 heavy (non-hydrogen) atoms. The Kier molecular flexibility index (Phi) is 10.9. The van der Waals surface area contributed by atoms with Crippen LogP contribution in [0.25, 0.3) is 0 Å². The fourth-order valence-electron chi connectivity index (χ4n) is 8.40. The molecule has 2 aromatic carbocycles. The minimum Gasteiger partial charge on any atom is -0.490 e. The second kappa shape index (κ2) is 14.7. The highest BCUT2D eigenvalue weighted by atomic mass is 35.5. The molecule has 274 valence electrons. The summed E-state index contributed by atoms with van der Waals surface area (Å²) >= 11 is 6.45. The summed E-state index contributed by atoms with van der Waals surface area (Å²) in [6, 6.07) is 11.0. The van der Waals surface area contributed by atoms with E-state index in [9.17, 15) is 13.2 Å². The molecule has 2 aromatic rings. The Labute approximate surface area is 300 Å². The van der Waals surface area contributed by atoms with Gasteiger partial charge < -0.3 is 23.8 Å². The Bertz CT molecular complexity index is 1730. The van der Waals surface area contributed by atoms with E-state index in [0.717, 1.165) is 25.7 Å². The summed E-state index contributed by atoms with van der Waals surface area (Å²) in [4.78, 5) is 17.9. The normalized spacial score (nSPS) is 31.6. The Morgan fingerprint density at radius 2 is 1.94 bits per heavy atom. The highest BCUT2D eigenvalue weighted by Gasteiger charge is 2.55. The number of benzene rings is 2. The van der Waals surface area contributed by atoms with E-state index in [1.54, 1.807) is 46.5 Å². The Morgan fingerprint density at radius 3 is 2.64 bits per heavy atom. The third kappa shape index (κ3) is 6.67. The second-order valence-corrected chi connectivity index (χ2v) is 16.9. The minimum atomic E-state index is -4.12. The predicted octanol–water partition coefficient (Wildman–Crippen LogP) is 5.28. The largest absolute Gasteiger partial charge is 0.490 e. The summed E-state index contributed by atoms with van der Waals surface area (Å²) in [5, 5.41) is -0.300. The molecule has 13 heteroatoms. The van der Waals surface area contributed by atoms with Gasteiger partial charge in [-0.2, -0.15) is 0 Å². The number of fused-ring (bicyclic) bond motifs is 4. The highest BCUT2D eigenvalue weighted by molar-refractivity contribution is 7.90. The van der Waals surface area contributed by atoms with Gasteiger partial charge in [0.05, 0.1) is 30.8 Å². The van der Waals surface area contributed by atoms with Gasteiger partial charge in [-0.05, 0) is 86.4 Å². The molecule has 6 atom stereocenters. The zero-order valence-electron chi connectivity index (χ0n) is 29.5. The molecule has 1 amide bonds. The van der Waals surface area contributed by atoms with Crippen LogP contribution in [-0.4, -0.2) is 103 Å². The first-order chi connectivity index (χ1) is 23.9. The lowest BCUT2D eigenvalue weighted by atomic mass is 9.70. The van der Waals surface area contributed by atoms with E-state index in [-0.39, 0.29) is 36.7 Å². The van der Waals surface area contributed by atoms with Gasteiger partial charge in [-0.25, -0.2) is 17.5 Å². The van der Waals surface area contributed by atoms with Crippen molar-refractivity contribution in [3.63, 3.8) is 0 Å². The van der Waals surface area contributed by atoms with Gasteiger partial charge in [-0.1, -0.05) is 30.7 Å². The molecule has 3 aliphatic heterocycles. The first-order valence-corrected chi connectivity index (χ1v) is 19.3. The molecule has 0 unspecified atom stereocenters. The van der Waals surface area contributed by atoms with E-state index in [1.165, 1.54) is 24.1 Å². The number of allylic oxidation sites excluding steroid dienone is 1. The number of nitrogens with zero attached hydrogens (tertiary/aromatic N) is 2. The maximum atomic E-state index is 17.1. The maximum Gasteiger partial charge on any atom is 0.264 e. The van der Waals surface area contributed by atoms with Crippen LogP contribution in [-0.2, 0) is 36.1 Å². The van der Waals surface area contributed by atoms with Gasteiger partial charge in [-0.3, -0.25) is 9.69 Å². The smallest absolute Gasteiger partial charge is 0.264 e. The summed E-state index contributed by atoms with van der Waals surface area (Å²) in [5.74, 6) is -1.10. The molecule has 1 aliphatic carbocycles. The van der Waals surface area contributed by atoms with Crippen molar-refractivity contribution in [3.8, 4) is 5.75 Å². The summed E-state index contributed by atoms with van der Waals surface area (Å²) in [7, 11) is 0.527. The van der Waals surface area contributed by atoms with Crippen LogP contribution >= 0.6 is 11.6 Å². The molecule has 0 saturated carbocycles. The lowest BCUT2D eigenvalue weighted by Gasteiger charge is -2.56. The van der Waals surface area contributed by atoms with Crippen molar-refractivity contribution in [2.45, 2.75) is 74.3 Å². The van der Waals surface area contributed by atoms with Crippen molar-refractivity contribution in [1.82, 2.24) is 9.62 Å². The van der Waals surface area contributed by atoms with E-state index in [0.29, 0.717) is 42.7 Å². The zero-order valence-corrected chi connectivity index (χ0v) is 31.1. The van der Waals surface area contributed by atoms with Crippen LogP contribution in [0.3, 0.4) is 0 Å². The first kappa shape index (κ1) is 37.0. The Morgan fingerprint density at radius 1 is 1.14 bits per heavy atom. The SMILES string of the molecule is COC[C@@H](OC)[C@@]1(COC)/C(F)=C/C[C@H](C)[C@@H](C)S(=O)(=O)NC(=O)c2ccc3c(c2)N(C[C@@H]2CCN21)C[C@@]1(CCCc2cc(Cl)ccc21)CO3. The lowest BCUT2D eigenvalue weighted by molar-refractivity contribution is -0.140. The average molecular weight is 734 g/mol. The fraction of sp³-hybridized carbons (Fsp3) is 0.595. The molecule has 4 aliphatic rings. The van der Waals surface area contributed by atoms with Gasteiger partial charge in [0.2, 0.25) is 10.0 Å². The van der Waals surface area contributed by atoms with Crippen LogP contribution in [0, 0.1) is 5.92 Å². The van der Waals surface area contributed by atoms with Crippen LogP contribution in [0.4, 0.5) is 10.1 Å². The third-order valence-corrected chi connectivity index (χ3v) is 13.6. The van der Waals surface area contributed by atoms with Crippen LogP contribution in [0.15, 0.2) is 48.3 Å². The number of nitrogens with one attached hydrogen (secondary N) is 1. The van der Waals surface area contributed by atoms with Gasteiger partial charge in [-0.15, -0.1) is 0 Å². The van der Waals surface area contributed by atoms with E-state index in [2.05, 4.69) is 20.6 Å². The molecule has 10 nitrogen and oxygen atoms in total. The number of carbonyl (C=O) groups is 1. The van der Waals surface area contributed by atoms with Crippen molar-refractivity contribution in [1.29, 1.82) is 0 Å². The quantitative estimate of drug-likeness (QED) is 0.425. The van der Waals surface area contributed by atoms with Gasteiger partial charge in [0.15, 0.2) is 0 Å². The summed E-state index contributed by atoms with van der Waals surface area (Å²) in [5.41, 5.74) is 1.55. The monoisotopic (exact) mass is 733 g/mol. The summed E-state index contributed by atoms with van der Waals surface area (Å²) in [6.07, 6.45) is 4.39. The third-order valence-electron chi connectivity index (χ3n) is 11.5. The van der Waals surface area contributed by atoms with Crippen LogP contribution in [0.2, 0.25) is 5.02 Å². The van der Waals surface area contributed by atoms with Gasteiger partial charge in [0.25, 0.3) is 5.91 Å². The molecule has 1 fully saturated rings. The van der Waals surface area contributed by atoms with Crippen LogP contribution in [0.1, 0.15) is 61.0 Å². The van der Waals surface area contributed by atoms with E-state index in [4.69, 9.17) is 30.5 Å².